The predicted molar refractivity (Wildman–Crippen MR) is 90.6 cm³/mol. The van der Waals surface area contributed by atoms with E-state index >= 15 is 0 Å². The molecular weight excluding hydrogens is 374 g/mol. The maximum absolute atomic E-state index is 12.6. The standard InChI is InChI=1S/C18H14F2N4O4/c19-15(20)18-23-16(24-28-18)9-1-2-12-13(8-27-14(12)6-9)22-17(26)10-3-4-21-11(5-10)7-25/h1-6,13,15,25H,7-8H2,(H,22,26)/t13-/m1/s1. The number of carbonyl (C=O) groups is 1. The average Bonchev–Trinajstić information content (AvgIpc) is 3.35. The number of aliphatic hydroxyl groups is 1. The second-order valence-electron chi connectivity index (χ2n) is 6.04. The van der Waals surface area contributed by atoms with Crippen molar-refractivity contribution in [3.8, 4) is 17.1 Å². The minimum Gasteiger partial charge on any atom is -0.491 e. The molecule has 28 heavy (non-hydrogen) atoms. The van der Waals surface area contributed by atoms with Crippen molar-refractivity contribution in [2.75, 3.05) is 6.61 Å². The number of hydrogen-bond acceptors (Lipinski definition) is 7. The quantitative estimate of drug-likeness (QED) is 0.691. The number of amides is 1. The number of carbonyl (C=O) groups excluding carboxylic acids is 1. The highest BCUT2D eigenvalue weighted by Gasteiger charge is 2.27. The Bertz CT molecular complexity index is 1020. The summed E-state index contributed by atoms with van der Waals surface area (Å²) in [7, 11) is 0. The molecule has 2 N–H and O–H groups in total. The van der Waals surface area contributed by atoms with Crippen molar-refractivity contribution in [3.63, 3.8) is 0 Å². The largest absolute Gasteiger partial charge is 0.491 e. The minimum absolute atomic E-state index is 0.0301. The number of ether oxygens (including phenoxy) is 1. The van der Waals surface area contributed by atoms with E-state index in [1.54, 1.807) is 24.3 Å². The van der Waals surface area contributed by atoms with Gasteiger partial charge in [-0.25, -0.2) is 0 Å². The number of fused-ring (bicyclic) bond motifs is 1. The molecule has 4 rings (SSSR count). The third-order valence-electron chi connectivity index (χ3n) is 4.23. The first-order valence-electron chi connectivity index (χ1n) is 8.30. The number of halogens is 2. The Kier molecular flexibility index (Phi) is 4.70. The molecular formula is C18H14F2N4O4. The lowest BCUT2D eigenvalue weighted by Crippen LogP contribution is -2.29. The number of hydrogen-bond donors (Lipinski definition) is 2. The predicted octanol–water partition coefficient (Wildman–Crippen LogP) is 2.42. The Morgan fingerprint density at radius 2 is 2.18 bits per heavy atom. The summed E-state index contributed by atoms with van der Waals surface area (Å²) in [5.41, 5.74) is 1.97. The first-order valence-corrected chi connectivity index (χ1v) is 8.30. The SMILES string of the molecule is O=C(N[C@@H]1COc2cc(-c3noc(C(F)F)n3)ccc21)c1ccnc(CO)c1. The molecule has 10 heteroatoms. The van der Waals surface area contributed by atoms with E-state index in [2.05, 4.69) is 25.0 Å². The van der Waals surface area contributed by atoms with Crippen molar-refractivity contribution in [1.82, 2.24) is 20.4 Å². The summed E-state index contributed by atoms with van der Waals surface area (Å²) >= 11 is 0. The van der Waals surface area contributed by atoms with E-state index in [1.165, 1.54) is 12.3 Å². The third kappa shape index (κ3) is 3.41. The van der Waals surface area contributed by atoms with Crippen LogP contribution in [-0.2, 0) is 6.61 Å². The van der Waals surface area contributed by atoms with Crippen LogP contribution in [-0.4, -0.2) is 32.7 Å². The van der Waals surface area contributed by atoms with Crippen molar-refractivity contribution in [2.45, 2.75) is 19.1 Å². The van der Waals surface area contributed by atoms with Crippen molar-refractivity contribution in [3.05, 3.63) is 59.2 Å². The van der Waals surface area contributed by atoms with Crippen LogP contribution in [0.3, 0.4) is 0 Å². The Labute approximate surface area is 157 Å². The molecule has 0 saturated carbocycles. The normalized spacial score (nSPS) is 15.4. The Balaban J connectivity index is 1.52. The Hall–Kier alpha value is -3.40. The fourth-order valence-corrected chi connectivity index (χ4v) is 2.86. The first kappa shape index (κ1) is 18.0. The van der Waals surface area contributed by atoms with Crippen LogP contribution in [0, 0.1) is 0 Å². The van der Waals surface area contributed by atoms with Crippen LogP contribution in [0.25, 0.3) is 11.4 Å². The highest BCUT2D eigenvalue weighted by molar-refractivity contribution is 5.94. The van der Waals surface area contributed by atoms with Crippen LogP contribution in [0.5, 0.6) is 5.75 Å². The van der Waals surface area contributed by atoms with Gasteiger partial charge < -0.3 is 19.7 Å². The maximum atomic E-state index is 12.6. The molecule has 1 aliphatic heterocycles. The van der Waals surface area contributed by atoms with E-state index in [0.717, 1.165) is 5.56 Å². The van der Waals surface area contributed by atoms with E-state index in [0.29, 0.717) is 22.6 Å². The highest BCUT2D eigenvalue weighted by Crippen LogP contribution is 2.35. The minimum atomic E-state index is -2.84. The summed E-state index contributed by atoms with van der Waals surface area (Å²) in [6.07, 6.45) is -1.39. The maximum Gasteiger partial charge on any atom is 0.315 e. The number of nitrogens with one attached hydrogen (secondary N) is 1. The highest BCUT2D eigenvalue weighted by atomic mass is 19.3. The van der Waals surface area contributed by atoms with Crippen LogP contribution >= 0.6 is 0 Å². The molecule has 0 aliphatic carbocycles. The second kappa shape index (κ2) is 7.31. The first-order chi connectivity index (χ1) is 13.5. The van der Waals surface area contributed by atoms with Gasteiger partial charge >= 0.3 is 6.43 Å². The van der Waals surface area contributed by atoms with Crippen molar-refractivity contribution in [2.24, 2.45) is 0 Å². The lowest BCUT2D eigenvalue weighted by atomic mass is 10.1. The summed E-state index contributed by atoms with van der Waals surface area (Å²) < 4.78 is 35.3. The summed E-state index contributed by atoms with van der Waals surface area (Å²) in [6, 6.07) is 7.63. The van der Waals surface area contributed by atoms with E-state index in [4.69, 9.17) is 9.84 Å². The number of aromatic nitrogens is 3. The van der Waals surface area contributed by atoms with E-state index in [9.17, 15) is 13.6 Å². The molecule has 2 aromatic heterocycles. The molecule has 0 fully saturated rings. The van der Waals surface area contributed by atoms with Gasteiger partial charge in [-0.2, -0.15) is 13.8 Å². The van der Waals surface area contributed by atoms with Crippen molar-refractivity contribution < 1.29 is 27.9 Å². The molecule has 1 aliphatic rings. The van der Waals surface area contributed by atoms with Gasteiger partial charge in [0.1, 0.15) is 12.4 Å². The molecule has 1 atom stereocenters. The van der Waals surface area contributed by atoms with Crippen molar-refractivity contribution in [1.29, 1.82) is 0 Å². The Morgan fingerprint density at radius 3 is 2.93 bits per heavy atom. The van der Waals surface area contributed by atoms with Gasteiger partial charge in [0.15, 0.2) is 0 Å². The van der Waals surface area contributed by atoms with Gasteiger partial charge in [0.2, 0.25) is 5.82 Å². The number of nitrogens with zero attached hydrogens (tertiary/aromatic N) is 3. The van der Waals surface area contributed by atoms with E-state index in [-0.39, 0.29) is 31.0 Å². The molecule has 0 saturated heterocycles. The molecule has 0 unspecified atom stereocenters. The average molecular weight is 388 g/mol. The zero-order valence-electron chi connectivity index (χ0n) is 14.3. The van der Waals surface area contributed by atoms with Gasteiger partial charge in [0.25, 0.3) is 11.8 Å². The summed E-state index contributed by atoms with van der Waals surface area (Å²) in [5.74, 6) is -0.553. The number of pyridine rings is 1. The molecule has 3 aromatic rings. The van der Waals surface area contributed by atoms with Gasteiger partial charge in [0.05, 0.1) is 18.3 Å². The molecule has 1 aromatic carbocycles. The van der Waals surface area contributed by atoms with Gasteiger partial charge in [-0.15, -0.1) is 0 Å². The number of rotatable bonds is 5. The molecule has 0 radical (unpaired) electrons. The molecule has 1 amide bonds. The lowest BCUT2D eigenvalue weighted by Gasteiger charge is -2.12. The number of benzene rings is 1. The monoisotopic (exact) mass is 388 g/mol. The summed E-state index contributed by atoms with van der Waals surface area (Å²) in [4.78, 5) is 20.0. The van der Waals surface area contributed by atoms with Crippen LogP contribution in [0.4, 0.5) is 8.78 Å². The van der Waals surface area contributed by atoms with Gasteiger partial charge in [0, 0.05) is 22.9 Å². The lowest BCUT2D eigenvalue weighted by molar-refractivity contribution is 0.0930. The zero-order chi connectivity index (χ0) is 19.7. The van der Waals surface area contributed by atoms with Crippen LogP contribution < -0.4 is 10.1 Å². The summed E-state index contributed by atoms with van der Waals surface area (Å²) in [5, 5.41) is 15.5. The van der Waals surface area contributed by atoms with Gasteiger partial charge in [-0.05, 0) is 18.2 Å². The molecule has 144 valence electrons. The third-order valence-corrected chi connectivity index (χ3v) is 4.23. The second-order valence-corrected chi connectivity index (χ2v) is 6.04. The number of aliphatic hydroxyl groups excluding tert-OH is 1. The van der Waals surface area contributed by atoms with Crippen LogP contribution in [0.2, 0.25) is 0 Å². The smallest absolute Gasteiger partial charge is 0.315 e. The van der Waals surface area contributed by atoms with Gasteiger partial charge in [-0.3, -0.25) is 9.78 Å². The van der Waals surface area contributed by atoms with Crippen molar-refractivity contribution >= 4 is 5.91 Å². The zero-order valence-corrected chi connectivity index (χ0v) is 14.3. The van der Waals surface area contributed by atoms with Crippen LogP contribution in [0.15, 0.2) is 41.1 Å². The topological polar surface area (TPSA) is 110 Å². The number of alkyl halides is 2. The van der Waals surface area contributed by atoms with E-state index in [1.807, 2.05) is 0 Å². The molecule has 0 spiro atoms. The van der Waals surface area contributed by atoms with Crippen LogP contribution in [0.1, 0.15) is 40.0 Å². The summed E-state index contributed by atoms with van der Waals surface area (Å²) in [6.45, 7) is -0.0420. The fourth-order valence-electron chi connectivity index (χ4n) is 2.86. The molecule has 0 bridgehead atoms. The molecule has 3 heterocycles. The van der Waals surface area contributed by atoms with E-state index < -0.39 is 12.3 Å². The molecule has 8 nitrogen and oxygen atoms in total. The van der Waals surface area contributed by atoms with Gasteiger partial charge in [-0.1, -0.05) is 17.3 Å². The Morgan fingerprint density at radius 1 is 1.32 bits per heavy atom. The fraction of sp³-hybridized carbons (Fsp3) is 0.222.